The van der Waals surface area contributed by atoms with Crippen LogP contribution in [0.1, 0.15) is 19.8 Å². The average Bonchev–Trinajstić information content (AvgIpc) is 3.01. The van der Waals surface area contributed by atoms with Crippen LogP contribution < -0.4 is 5.32 Å². The van der Waals surface area contributed by atoms with Crippen molar-refractivity contribution >= 4 is 5.91 Å². The van der Waals surface area contributed by atoms with E-state index in [1.165, 1.54) is 0 Å². The fourth-order valence-electron chi connectivity index (χ4n) is 1.60. The van der Waals surface area contributed by atoms with Crippen LogP contribution in [0.15, 0.2) is 0 Å². The fraction of sp³-hybridized carbons (Fsp3) is 0.900. The number of aliphatic hydroxyl groups excluding tert-OH is 2. The Labute approximate surface area is 93.5 Å². The largest absolute Gasteiger partial charge is 0.388 e. The molecule has 92 valence electrons. The standard InChI is InChI=1S/C10H17NO5/c1-5-8(13)9(14)10(16-5)15-4-7(12)11-6-2-3-6/h5-6,8-10,13-14H,2-4H2,1H3,(H,11,12)/t5-,8+,9-,10+/m1/s1. The van der Waals surface area contributed by atoms with E-state index in [0.29, 0.717) is 0 Å². The molecule has 0 unspecified atom stereocenters. The van der Waals surface area contributed by atoms with E-state index < -0.39 is 24.6 Å². The fourth-order valence-corrected chi connectivity index (χ4v) is 1.60. The molecule has 0 spiro atoms. The number of carbonyl (C=O) groups excluding carboxylic acids is 1. The number of hydrogen-bond donors (Lipinski definition) is 3. The minimum atomic E-state index is -1.09. The van der Waals surface area contributed by atoms with Gasteiger partial charge in [-0.2, -0.15) is 0 Å². The van der Waals surface area contributed by atoms with E-state index in [4.69, 9.17) is 9.47 Å². The number of ether oxygens (including phenoxy) is 2. The first-order valence-corrected chi connectivity index (χ1v) is 5.50. The number of nitrogens with one attached hydrogen (secondary N) is 1. The van der Waals surface area contributed by atoms with Crippen molar-refractivity contribution in [2.24, 2.45) is 0 Å². The summed E-state index contributed by atoms with van der Waals surface area (Å²) >= 11 is 0. The van der Waals surface area contributed by atoms with Crippen LogP contribution in [0.3, 0.4) is 0 Å². The minimum absolute atomic E-state index is 0.155. The lowest BCUT2D eigenvalue weighted by Gasteiger charge is -2.15. The highest BCUT2D eigenvalue weighted by Gasteiger charge is 2.41. The van der Waals surface area contributed by atoms with Gasteiger partial charge in [0.2, 0.25) is 5.91 Å². The van der Waals surface area contributed by atoms with Gasteiger partial charge in [0.1, 0.15) is 18.8 Å². The molecular weight excluding hydrogens is 214 g/mol. The Kier molecular flexibility index (Phi) is 3.44. The Morgan fingerprint density at radius 2 is 2.12 bits per heavy atom. The van der Waals surface area contributed by atoms with Crippen LogP contribution in [0, 0.1) is 0 Å². The third-order valence-corrected chi connectivity index (χ3v) is 2.78. The number of rotatable bonds is 4. The lowest BCUT2D eigenvalue weighted by Crippen LogP contribution is -2.36. The Morgan fingerprint density at radius 3 is 2.62 bits per heavy atom. The molecule has 1 aliphatic carbocycles. The maximum absolute atomic E-state index is 11.3. The predicted molar refractivity (Wildman–Crippen MR) is 53.5 cm³/mol. The predicted octanol–water partition coefficient (Wildman–Crippen LogP) is -1.25. The molecule has 2 aliphatic rings. The molecule has 3 N–H and O–H groups in total. The Morgan fingerprint density at radius 1 is 1.44 bits per heavy atom. The molecule has 1 saturated carbocycles. The van der Waals surface area contributed by atoms with Gasteiger partial charge in [0.15, 0.2) is 6.29 Å². The van der Waals surface area contributed by atoms with Crippen LogP contribution >= 0.6 is 0 Å². The number of carbonyl (C=O) groups is 1. The molecule has 6 nitrogen and oxygen atoms in total. The molecule has 1 saturated heterocycles. The Hall–Kier alpha value is -0.690. The molecule has 0 aromatic heterocycles. The Bertz CT molecular complexity index is 268. The molecule has 0 radical (unpaired) electrons. The molecule has 4 atom stereocenters. The number of aliphatic hydroxyl groups is 2. The summed E-state index contributed by atoms with van der Waals surface area (Å²) in [5.41, 5.74) is 0. The molecular formula is C10H17NO5. The average molecular weight is 231 g/mol. The van der Waals surface area contributed by atoms with Gasteiger partial charge >= 0.3 is 0 Å². The minimum Gasteiger partial charge on any atom is -0.388 e. The van der Waals surface area contributed by atoms with Crippen molar-refractivity contribution in [3.8, 4) is 0 Å². The molecule has 0 aromatic rings. The van der Waals surface area contributed by atoms with Crippen molar-refractivity contribution in [2.45, 2.75) is 50.4 Å². The number of hydrogen-bond acceptors (Lipinski definition) is 5. The highest BCUT2D eigenvalue weighted by atomic mass is 16.7. The van der Waals surface area contributed by atoms with Crippen molar-refractivity contribution in [2.75, 3.05) is 6.61 Å². The zero-order chi connectivity index (χ0) is 11.7. The summed E-state index contributed by atoms with van der Waals surface area (Å²) < 4.78 is 10.3. The zero-order valence-electron chi connectivity index (χ0n) is 9.13. The highest BCUT2D eigenvalue weighted by Crippen LogP contribution is 2.22. The van der Waals surface area contributed by atoms with E-state index in [1.54, 1.807) is 6.92 Å². The molecule has 0 aromatic carbocycles. The summed E-state index contributed by atoms with van der Waals surface area (Å²) in [7, 11) is 0. The normalized spacial score (nSPS) is 38.7. The third-order valence-electron chi connectivity index (χ3n) is 2.78. The van der Waals surface area contributed by atoms with E-state index in [-0.39, 0.29) is 18.6 Å². The molecule has 2 fully saturated rings. The van der Waals surface area contributed by atoms with Gasteiger partial charge in [-0.3, -0.25) is 4.79 Å². The first kappa shape index (κ1) is 11.8. The van der Waals surface area contributed by atoms with Crippen LogP contribution in [-0.4, -0.2) is 53.4 Å². The second kappa shape index (κ2) is 4.67. The van der Waals surface area contributed by atoms with Gasteiger partial charge in [-0.1, -0.05) is 0 Å². The van der Waals surface area contributed by atoms with Gasteiger partial charge in [-0.25, -0.2) is 0 Å². The van der Waals surface area contributed by atoms with E-state index >= 15 is 0 Å². The van der Waals surface area contributed by atoms with Gasteiger partial charge in [0.25, 0.3) is 0 Å². The second-order valence-electron chi connectivity index (χ2n) is 4.34. The maximum atomic E-state index is 11.3. The highest BCUT2D eigenvalue weighted by molar-refractivity contribution is 5.77. The maximum Gasteiger partial charge on any atom is 0.246 e. The summed E-state index contributed by atoms with van der Waals surface area (Å²) in [6.45, 7) is 1.49. The summed E-state index contributed by atoms with van der Waals surface area (Å²) in [6, 6.07) is 0.287. The van der Waals surface area contributed by atoms with E-state index in [1.807, 2.05) is 0 Å². The first-order valence-electron chi connectivity index (χ1n) is 5.50. The summed E-state index contributed by atoms with van der Waals surface area (Å²) in [5.74, 6) is -0.215. The van der Waals surface area contributed by atoms with Crippen molar-refractivity contribution in [3.63, 3.8) is 0 Å². The van der Waals surface area contributed by atoms with Crippen molar-refractivity contribution in [1.29, 1.82) is 0 Å². The Balaban J connectivity index is 1.71. The first-order chi connectivity index (χ1) is 7.58. The van der Waals surface area contributed by atoms with Crippen molar-refractivity contribution in [3.05, 3.63) is 0 Å². The molecule has 2 rings (SSSR count). The van der Waals surface area contributed by atoms with Gasteiger partial charge in [0.05, 0.1) is 6.10 Å². The molecule has 1 amide bonds. The van der Waals surface area contributed by atoms with Crippen LogP contribution in [0.25, 0.3) is 0 Å². The zero-order valence-corrected chi connectivity index (χ0v) is 9.13. The third kappa shape index (κ3) is 2.70. The quantitative estimate of drug-likeness (QED) is 0.562. The smallest absolute Gasteiger partial charge is 0.246 e. The van der Waals surface area contributed by atoms with Crippen LogP contribution in [0.2, 0.25) is 0 Å². The lowest BCUT2D eigenvalue weighted by atomic mass is 10.2. The van der Waals surface area contributed by atoms with E-state index in [9.17, 15) is 15.0 Å². The monoisotopic (exact) mass is 231 g/mol. The van der Waals surface area contributed by atoms with Crippen LogP contribution in [0.5, 0.6) is 0 Å². The van der Waals surface area contributed by atoms with Crippen LogP contribution in [0.4, 0.5) is 0 Å². The number of amides is 1. The molecule has 16 heavy (non-hydrogen) atoms. The van der Waals surface area contributed by atoms with E-state index in [2.05, 4.69) is 5.32 Å². The SMILES string of the molecule is C[C@H]1O[C@H](OCC(=O)NC2CC2)[C@H](O)[C@H]1O. The van der Waals surface area contributed by atoms with Crippen LogP contribution in [-0.2, 0) is 14.3 Å². The summed E-state index contributed by atoms with van der Waals surface area (Å²) in [6.07, 6.45) is -1.42. The topological polar surface area (TPSA) is 88.0 Å². The van der Waals surface area contributed by atoms with E-state index in [0.717, 1.165) is 12.8 Å². The second-order valence-corrected chi connectivity index (χ2v) is 4.34. The molecule has 1 heterocycles. The van der Waals surface area contributed by atoms with Gasteiger partial charge in [0, 0.05) is 6.04 Å². The molecule has 1 aliphatic heterocycles. The van der Waals surface area contributed by atoms with Crippen molar-refractivity contribution < 1.29 is 24.5 Å². The summed E-state index contributed by atoms with van der Waals surface area (Å²) in [5, 5.41) is 21.7. The molecule has 6 heteroatoms. The van der Waals surface area contributed by atoms with Gasteiger partial charge < -0.3 is 25.0 Å². The van der Waals surface area contributed by atoms with Crippen molar-refractivity contribution in [1.82, 2.24) is 5.32 Å². The summed E-state index contributed by atoms with van der Waals surface area (Å²) in [4.78, 5) is 11.3. The van der Waals surface area contributed by atoms with Gasteiger partial charge in [-0.05, 0) is 19.8 Å². The lowest BCUT2D eigenvalue weighted by molar-refractivity contribution is -0.170. The molecule has 0 bridgehead atoms. The van der Waals surface area contributed by atoms with Gasteiger partial charge in [-0.15, -0.1) is 0 Å².